The van der Waals surface area contributed by atoms with Gasteiger partial charge in [-0.05, 0) is 19.3 Å². The summed E-state index contributed by atoms with van der Waals surface area (Å²) >= 11 is 1.43. The number of carbonyl (C=O) groups excluding carboxylic acids is 2. The standard InChI is InChI=1S/C11H15IN4O4/c12-20-11(18)8-7(13)9(10(14)17)16(15-8)4-5-19-6-2-1-3-6/h6H,1-5,13H2,(H2,14,17). The lowest BCUT2D eigenvalue weighted by atomic mass is 9.96. The van der Waals surface area contributed by atoms with Crippen LogP contribution in [0.2, 0.25) is 0 Å². The first kappa shape index (κ1) is 15.0. The van der Waals surface area contributed by atoms with E-state index < -0.39 is 11.9 Å². The van der Waals surface area contributed by atoms with Crippen molar-refractivity contribution in [2.24, 2.45) is 5.73 Å². The number of nitrogens with zero attached hydrogens (tertiary/aromatic N) is 2. The second-order valence-electron chi connectivity index (χ2n) is 4.49. The van der Waals surface area contributed by atoms with Gasteiger partial charge in [-0.1, -0.05) is 0 Å². The molecular weight excluding hydrogens is 379 g/mol. The number of hydrogen-bond acceptors (Lipinski definition) is 6. The maximum atomic E-state index is 11.5. The van der Waals surface area contributed by atoms with Gasteiger partial charge in [-0.25, -0.2) is 4.79 Å². The van der Waals surface area contributed by atoms with Gasteiger partial charge in [0.15, 0.2) is 28.7 Å². The van der Waals surface area contributed by atoms with Crippen LogP contribution in [-0.4, -0.2) is 34.4 Å². The number of nitrogen functional groups attached to an aromatic ring is 1. The van der Waals surface area contributed by atoms with Crippen molar-refractivity contribution in [3.05, 3.63) is 11.4 Å². The van der Waals surface area contributed by atoms with E-state index in [9.17, 15) is 9.59 Å². The van der Waals surface area contributed by atoms with E-state index in [0.717, 1.165) is 12.8 Å². The van der Waals surface area contributed by atoms with Crippen molar-refractivity contribution in [2.75, 3.05) is 12.3 Å². The van der Waals surface area contributed by atoms with E-state index in [4.69, 9.17) is 16.2 Å². The Morgan fingerprint density at radius 1 is 1.45 bits per heavy atom. The van der Waals surface area contributed by atoms with E-state index in [-0.39, 0.29) is 23.2 Å². The van der Waals surface area contributed by atoms with Gasteiger partial charge in [-0.2, -0.15) is 5.10 Å². The summed E-state index contributed by atoms with van der Waals surface area (Å²) in [6.07, 6.45) is 3.56. The molecule has 0 unspecified atom stereocenters. The van der Waals surface area contributed by atoms with Crippen molar-refractivity contribution < 1.29 is 17.4 Å². The zero-order valence-corrected chi connectivity index (χ0v) is 12.8. The van der Waals surface area contributed by atoms with Gasteiger partial charge in [0, 0.05) is 0 Å². The molecule has 1 aliphatic rings. The van der Waals surface area contributed by atoms with E-state index in [2.05, 4.69) is 8.16 Å². The van der Waals surface area contributed by atoms with Crippen LogP contribution in [0, 0.1) is 0 Å². The SMILES string of the molecule is NC(=O)c1c(N)c(C(=O)OI)nn1CCOC1CCC1. The number of rotatable bonds is 6. The topological polar surface area (TPSA) is 122 Å². The molecule has 0 spiro atoms. The molecule has 20 heavy (non-hydrogen) atoms. The van der Waals surface area contributed by atoms with Crippen LogP contribution in [0.4, 0.5) is 5.69 Å². The van der Waals surface area contributed by atoms with Crippen molar-refractivity contribution in [1.82, 2.24) is 9.78 Å². The molecule has 1 heterocycles. The average molecular weight is 394 g/mol. The fourth-order valence-corrected chi connectivity index (χ4v) is 2.14. The number of primary amides is 1. The third-order valence-electron chi connectivity index (χ3n) is 3.19. The Morgan fingerprint density at radius 3 is 2.65 bits per heavy atom. The molecule has 9 heteroatoms. The summed E-state index contributed by atoms with van der Waals surface area (Å²) in [5, 5.41) is 3.97. The van der Waals surface area contributed by atoms with Crippen molar-refractivity contribution in [3.8, 4) is 0 Å². The molecule has 0 radical (unpaired) electrons. The van der Waals surface area contributed by atoms with Crippen LogP contribution in [0.15, 0.2) is 0 Å². The van der Waals surface area contributed by atoms with Gasteiger partial charge in [0.1, 0.15) is 5.69 Å². The second-order valence-corrected chi connectivity index (χ2v) is 4.93. The predicted molar refractivity (Wildman–Crippen MR) is 78.2 cm³/mol. The molecule has 0 saturated heterocycles. The van der Waals surface area contributed by atoms with E-state index in [0.29, 0.717) is 13.2 Å². The molecule has 0 aromatic carbocycles. The lowest BCUT2D eigenvalue weighted by molar-refractivity contribution is -0.00255. The number of nitrogens with two attached hydrogens (primary N) is 2. The smallest absolute Gasteiger partial charge is 0.370 e. The number of halogens is 1. The molecule has 0 bridgehead atoms. The number of aromatic nitrogens is 2. The Morgan fingerprint density at radius 2 is 2.15 bits per heavy atom. The molecule has 1 saturated carbocycles. The Kier molecular flexibility index (Phi) is 4.81. The summed E-state index contributed by atoms with van der Waals surface area (Å²) in [4.78, 5) is 22.9. The molecule has 0 atom stereocenters. The summed E-state index contributed by atoms with van der Waals surface area (Å²) in [5.41, 5.74) is 10.8. The summed E-state index contributed by atoms with van der Waals surface area (Å²) in [6.45, 7) is 0.679. The van der Waals surface area contributed by atoms with Gasteiger partial charge in [0.05, 0.1) is 24.9 Å². The maximum absolute atomic E-state index is 11.5. The number of carbonyl (C=O) groups is 2. The van der Waals surface area contributed by atoms with E-state index in [1.54, 1.807) is 0 Å². The monoisotopic (exact) mass is 394 g/mol. The van der Waals surface area contributed by atoms with Gasteiger partial charge in [-0.3, -0.25) is 9.48 Å². The van der Waals surface area contributed by atoms with Crippen LogP contribution >= 0.6 is 23.0 Å². The Balaban J connectivity index is 2.12. The Bertz CT molecular complexity index is 527. The van der Waals surface area contributed by atoms with Gasteiger partial charge in [0.25, 0.3) is 5.91 Å². The van der Waals surface area contributed by atoms with Gasteiger partial charge >= 0.3 is 5.97 Å². The zero-order valence-electron chi connectivity index (χ0n) is 10.7. The second kappa shape index (κ2) is 6.39. The number of ether oxygens (including phenoxy) is 1. The van der Waals surface area contributed by atoms with Crippen molar-refractivity contribution in [1.29, 1.82) is 0 Å². The molecular formula is C11H15IN4O4. The van der Waals surface area contributed by atoms with Crippen LogP contribution in [0.5, 0.6) is 0 Å². The third kappa shape index (κ3) is 3.03. The van der Waals surface area contributed by atoms with Crippen molar-refractivity contribution >= 4 is 40.6 Å². The van der Waals surface area contributed by atoms with Gasteiger partial charge in [-0.15, -0.1) is 0 Å². The maximum Gasteiger partial charge on any atom is 0.370 e. The molecule has 8 nitrogen and oxygen atoms in total. The molecule has 1 amide bonds. The minimum Gasteiger partial charge on any atom is -0.395 e. The van der Waals surface area contributed by atoms with Crippen LogP contribution in [0.25, 0.3) is 0 Å². The predicted octanol–water partition coefficient (Wildman–Crippen LogP) is 0.640. The fourth-order valence-electron chi connectivity index (χ4n) is 1.93. The van der Waals surface area contributed by atoms with Crippen LogP contribution in [0.3, 0.4) is 0 Å². The summed E-state index contributed by atoms with van der Waals surface area (Å²) in [6, 6.07) is 0. The number of anilines is 1. The lowest BCUT2D eigenvalue weighted by Gasteiger charge is -2.25. The number of amides is 1. The first-order valence-electron chi connectivity index (χ1n) is 6.15. The summed E-state index contributed by atoms with van der Waals surface area (Å²) in [7, 11) is 0. The molecule has 4 N–H and O–H groups in total. The highest BCUT2D eigenvalue weighted by Gasteiger charge is 2.25. The minimum absolute atomic E-state index is 0.000917. The highest BCUT2D eigenvalue weighted by molar-refractivity contribution is 14.1. The summed E-state index contributed by atoms with van der Waals surface area (Å²) in [5.74, 6) is -1.46. The molecule has 110 valence electrons. The van der Waals surface area contributed by atoms with Crippen LogP contribution in [0.1, 0.15) is 40.2 Å². The normalized spacial score (nSPS) is 14.8. The Labute approximate surface area is 129 Å². The molecule has 1 aromatic rings. The Hall–Kier alpha value is -1.36. The highest BCUT2D eigenvalue weighted by atomic mass is 127. The zero-order chi connectivity index (χ0) is 14.7. The highest BCUT2D eigenvalue weighted by Crippen LogP contribution is 2.22. The fraction of sp³-hybridized carbons (Fsp3) is 0.545. The third-order valence-corrected chi connectivity index (χ3v) is 3.59. The van der Waals surface area contributed by atoms with Crippen LogP contribution < -0.4 is 11.5 Å². The van der Waals surface area contributed by atoms with E-state index >= 15 is 0 Å². The lowest BCUT2D eigenvalue weighted by Crippen LogP contribution is -2.25. The average Bonchev–Trinajstić information content (AvgIpc) is 2.68. The molecule has 2 rings (SSSR count). The molecule has 1 aliphatic carbocycles. The quantitative estimate of drug-likeness (QED) is 0.683. The molecule has 1 fully saturated rings. The summed E-state index contributed by atoms with van der Waals surface area (Å²) < 4.78 is 11.4. The molecule has 0 aliphatic heterocycles. The van der Waals surface area contributed by atoms with E-state index in [1.807, 2.05) is 0 Å². The largest absolute Gasteiger partial charge is 0.395 e. The number of hydrogen-bond donors (Lipinski definition) is 2. The van der Waals surface area contributed by atoms with Crippen molar-refractivity contribution in [2.45, 2.75) is 31.9 Å². The van der Waals surface area contributed by atoms with Crippen molar-refractivity contribution in [3.63, 3.8) is 0 Å². The van der Waals surface area contributed by atoms with Gasteiger partial charge < -0.3 is 19.3 Å². The minimum atomic E-state index is -0.744. The van der Waals surface area contributed by atoms with Gasteiger partial charge in [0.2, 0.25) is 0 Å². The van der Waals surface area contributed by atoms with E-state index in [1.165, 1.54) is 34.1 Å². The first-order valence-corrected chi connectivity index (χ1v) is 7.03. The first-order chi connectivity index (χ1) is 9.54. The van der Waals surface area contributed by atoms with Crippen LogP contribution in [-0.2, 0) is 14.3 Å². The molecule has 1 aromatic heterocycles.